The molecule has 5 heteroatoms. The first-order valence-corrected chi connectivity index (χ1v) is 8.49. The van der Waals surface area contributed by atoms with Crippen molar-refractivity contribution in [2.24, 2.45) is 0 Å². The average molecular weight is 344 g/mol. The zero-order chi connectivity index (χ0) is 17.5. The largest absolute Gasteiger partial charge is 0.388 e. The maximum atomic E-state index is 9.16. The number of benzene rings is 2. The SMILES string of the molecule is O[C@@H]1CO[C@H]2[C@@H]1OC[C@@H]2O.c1ccc(COCc2ccccc2)cc1. The fraction of sp³-hybridized carbons (Fsp3) is 0.400. The molecule has 2 aromatic carbocycles. The zero-order valence-corrected chi connectivity index (χ0v) is 14.0. The predicted octanol–water partition coefficient (Wildman–Crippen LogP) is 1.91. The minimum absolute atomic E-state index is 0.284. The van der Waals surface area contributed by atoms with Crippen molar-refractivity contribution in [2.45, 2.75) is 37.6 Å². The molecule has 2 saturated heterocycles. The normalized spacial score (nSPS) is 27.4. The van der Waals surface area contributed by atoms with Crippen LogP contribution >= 0.6 is 0 Å². The Kier molecular flexibility index (Phi) is 6.55. The third kappa shape index (κ3) is 5.11. The number of hydrogen-bond donors (Lipinski definition) is 2. The van der Waals surface area contributed by atoms with E-state index in [9.17, 15) is 0 Å². The van der Waals surface area contributed by atoms with Crippen LogP contribution in [0.3, 0.4) is 0 Å². The van der Waals surface area contributed by atoms with Gasteiger partial charge in [0.05, 0.1) is 26.4 Å². The van der Waals surface area contributed by atoms with E-state index in [1.165, 1.54) is 11.1 Å². The summed E-state index contributed by atoms with van der Waals surface area (Å²) in [5.74, 6) is 0. The summed E-state index contributed by atoms with van der Waals surface area (Å²) in [6.45, 7) is 1.92. The first-order valence-electron chi connectivity index (χ1n) is 8.49. The lowest BCUT2D eigenvalue weighted by molar-refractivity contribution is 0.00205. The lowest BCUT2D eigenvalue weighted by Crippen LogP contribution is -2.30. The molecule has 2 fully saturated rings. The van der Waals surface area contributed by atoms with Crippen molar-refractivity contribution in [3.63, 3.8) is 0 Å². The van der Waals surface area contributed by atoms with Crippen molar-refractivity contribution in [2.75, 3.05) is 13.2 Å². The van der Waals surface area contributed by atoms with Crippen LogP contribution in [0, 0.1) is 0 Å². The number of rotatable bonds is 4. The summed E-state index contributed by atoms with van der Waals surface area (Å²) in [5.41, 5.74) is 2.43. The highest BCUT2D eigenvalue weighted by Crippen LogP contribution is 2.26. The van der Waals surface area contributed by atoms with Gasteiger partial charge in [0.15, 0.2) is 0 Å². The van der Waals surface area contributed by atoms with Gasteiger partial charge in [0.2, 0.25) is 0 Å². The molecule has 0 saturated carbocycles. The molecular weight excluding hydrogens is 320 g/mol. The Morgan fingerprint density at radius 2 is 1.12 bits per heavy atom. The van der Waals surface area contributed by atoms with Gasteiger partial charge in [-0.2, -0.15) is 0 Å². The standard InChI is InChI=1S/C14H14O.C6H10O4/c1-3-7-13(8-4-1)11-15-12-14-9-5-2-6-10-14;7-3-1-9-6-4(8)2-10-5(3)6/h1-10H,11-12H2;3-8H,1-2H2/t;3-,4+,5-,6-/m.1/s1. The van der Waals surface area contributed by atoms with Gasteiger partial charge in [0, 0.05) is 0 Å². The lowest BCUT2D eigenvalue weighted by Gasteiger charge is -2.09. The van der Waals surface area contributed by atoms with Crippen molar-refractivity contribution in [3.05, 3.63) is 71.8 Å². The molecule has 2 aliphatic rings. The molecule has 5 nitrogen and oxygen atoms in total. The summed E-state index contributed by atoms with van der Waals surface area (Å²) in [6, 6.07) is 20.4. The molecule has 2 heterocycles. The highest BCUT2D eigenvalue weighted by Gasteiger charge is 2.46. The molecule has 2 aliphatic heterocycles. The van der Waals surface area contributed by atoms with Crippen LogP contribution in [0.2, 0.25) is 0 Å². The molecule has 134 valence electrons. The van der Waals surface area contributed by atoms with Gasteiger partial charge in [-0.15, -0.1) is 0 Å². The van der Waals surface area contributed by atoms with Gasteiger partial charge in [-0.05, 0) is 11.1 Å². The molecule has 2 N–H and O–H groups in total. The van der Waals surface area contributed by atoms with Crippen LogP contribution < -0.4 is 0 Å². The summed E-state index contributed by atoms with van der Waals surface area (Å²) in [5, 5.41) is 18.3. The zero-order valence-electron chi connectivity index (χ0n) is 14.0. The van der Waals surface area contributed by atoms with Crippen LogP contribution in [0.25, 0.3) is 0 Å². The van der Waals surface area contributed by atoms with Gasteiger partial charge in [-0.3, -0.25) is 0 Å². The molecule has 25 heavy (non-hydrogen) atoms. The Bertz CT molecular complexity index is 563. The highest BCUT2D eigenvalue weighted by atomic mass is 16.6. The summed E-state index contributed by atoms with van der Waals surface area (Å²) in [6.07, 6.45) is -1.70. The van der Waals surface area contributed by atoms with E-state index in [1.54, 1.807) is 0 Å². The van der Waals surface area contributed by atoms with Gasteiger partial charge >= 0.3 is 0 Å². The maximum absolute atomic E-state index is 9.16. The summed E-state index contributed by atoms with van der Waals surface area (Å²) in [7, 11) is 0. The summed E-state index contributed by atoms with van der Waals surface area (Å²) < 4.78 is 15.8. The molecule has 0 bridgehead atoms. The molecule has 0 radical (unpaired) electrons. The fourth-order valence-corrected chi connectivity index (χ4v) is 2.89. The topological polar surface area (TPSA) is 68.2 Å². The maximum Gasteiger partial charge on any atom is 0.114 e. The Morgan fingerprint density at radius 1 is 0.720 bits per heavy atom. The highest BCUT2D eigenvalue weighted by molar-refractivity contribution is 5.15. The van der Waals surface area contributed by atoms with Gasteiger partial charge in [-0.1, -0.05) is 60.7 Å². The molecule has 0 aromatic heterocycles. The number of fused-ring (bicyclic) bond motifs is 1. The van der Waals surface area contributed by atoms with Gasteiger partial charge in [0.1, 0.15) is 24.4 Å². The van der Waals surface area contributed by atoms with Crippen LogP contribution in [-0.4, -0.2) is 47.8 Å². The van der Waals surface area contributed by atoms with E-state index < -0.39 is 12.2 Å². The molecule has 0 spiro atoms. The lowest BCUT2D eigenvalue weighted by atomic mass is 10.1. The van der Waals surface area contributed by atoms with Crippen molar-refractivity contribution >= 4 is 0 Å². The van der Waals surface area contributed by atoms with E-state index in [-0.39, 0.29) is 25.4 Å². The molecule has 0 aliphatic carbocycles. The number of hydrogen-bond acceptors (Lipinski definition) is 5. The monoisotopic (exact) mass is 344 g/mol. The van der Waals surface area contributed by atoms with Crippen molar-refractivity contribution in [1.82, 2.24) is 0 Å². The third-order valence-corrected chi connectivity index (χ3v) is 4.22. The molecule has 4 rings (SSSR count). The van der Waals surface area contributed by atoms with Crippen molar-refractivity contribution < 1.29 is 24.4 Å². The Hall–Kier alpha value is -1.76. The van der Waals surface area contributed by atoms with Crippen LogP contribution in [0.15, 0.2) is 60.7 Å². The van der Waals surface area contributed by atoms with Gasteiger partial charge in [-0.25, -0.2) is 0 Å². The van der Waals surface area contributed by atoms with E-state index >= 15 is 0 Å². The molecule has 4 atom stereocenters. The van der Waals surface area contributed by atoms with E-state index in [2.05, 4.69) is 24.3 Å². The number of aliphatic hydroxyl groups excluding tert-OH is 2. The van der Waals surface area contributed by atoms with Gasteiger partial charge in [0.25, 0.3) is 0 Å². The van der Waals surface area contributed by atoms with Crippen LogP contribution in [-0.2, 0) is 27.4 Å². The van der Waals surface area contributed by atoms with Crippen LogP contribution in [0.1, 0.15) is 11.1 Å². The van der Waals surface area contributed by atoms with Crippen LogP contribution in [0.5, 0.6) is 0 Å². The molecular formula is C20H24O5. The Morgan fingerprint density at radius 3 is 1.52 bits per heavy atom. The quantitative estimate of drug-likeness (QED) is 0.887. The second kappa shape index (κ2) is 9.08. The fourth-order valence-electron chi connectivity index (χ4n) is 2.89. The van der Waals surface area contributed by atoms with Crippen molar-refractivity contribution in [1.29, 1.82) is 0 Å². The Balaban J connectivity index is 0.000000157. The molecule has 0 amide bonds. The van der Waals surface area contributed by atoms with Crippen molar-refractivity contribution in [3.8, 4) is 0 Å². The summed E-state index contributed by atoms with van der Waals surface area (Å²) in [4.78, 5) is 0. The predicted molar refractivity (Wildman–Crippen MR) is 92.9 cm³/mol. The first-order chi connectivity index (χ1) is 12.2. The first kappa shape index (κ1) is 18.0. The minimum Gasteiger partial charge on any atom is -0.388 e. The Labute approximate surface area is 147 Å². The smallest absolute Gasteiger partial charge is 0.114 e. The second-order valence-corrected chi connectivity index (χ2v) is 6.19. The third-order valence-electron chi connectivity index (χ3n) is 4.22. The van der Waals surface area contributed by atoms with Gasteiger partial charge < -0.3 is 24.4 Å². The average Bonchev–Trinajstić information content (AvgIpc) is 3.21. The number of ether oxygens (including phenoxy) is 3. The molecule has 2 aromatic rings. The minimum atomic E-state index is -0.554. The van der Waals surface area contributed by atoms with E-state index in [0.29, 0.717) is 13.2 Å². The number of aliphatic hydroxyl groups is 2. The van der Waals surface area contributed by atoms with E-state index in [0.717, 1.165) is 0 Å². The second-order valence-electron chi connectivity index (χ2n) is 6.19. The molecule has 0 unspecified atom stereocenters. The van der Waals surface area contributed by atoms with E-state index in [1.807, 2.05) is 36.4 Å². The summed E-state index contributed by atoms with van der Waals surface area (Å²) >= 11 is 0. The van der Waals surface area contributed by atoms with Crippen LogP contribution in [0.4, 0.5) is 0 Å². The van der Waals surface area contributed by atoms with E-state index in [4.69, 9.17) is 24.4 Å².